The van der Waals surface area contributed by atoms with Crippen molar-refractivity contribution in [3.05, 3.63) is 41.7 Å². The second kappa shape index (κ2) is 5.72. The Balaban J connectivity index is 1.74. The molecule has 3 rings (SSSR count). The van der Waals surface area contributed by atoms with E-state index in [0.29, 0.717) is 6.42 Å². The van der Waals surface area contributed by atoms with Gasteiger partial charge < -0.3 is 5.11 Å². The molecule has 0 spiro atoms. The van der Waals surface area contributed by atoms with Crippen LogP contribution >= 0.6 is 0 Å². The third-order valence-electron chi connectivity index (χ3n) is 4.00. The van der Waals surface area contributed by atoms with Crippen LogP contribution in [0.5, 0.6) is 0 Å². The maximum absolute atomic E-state index is 10.6. The number of aromatic nitrogens is 2. The van der Waals surface area contributed by atoms with E-state index in [0.717, 1.165) is 23.6 Å². The molecule has 1 saturated carbocycles. The molecule has 0 bridgehead atoms. The third kappa shape index (κ3) is 3.51. The fourth-order valence-electron chi connectivity index (χ4n) is 2.62. The molecule has 1 aliphatic carbocycles. The lowest BCUT2D eigenvalue weighted by atomic mass is 9.99. The number of benzene rings is 1. The predicted octanol–water partition coefficient (Wildman–Crippen LogP) is 3.29. The number of hydrogen-bond acceptors (Lipinski definition) is 2. The van der Waals surface area contributed by atoms with E-state index in [2.05, 4.69) is 30.4 Å². The van der Waals surface area contributed by atoms with Crippen LogP contribution in [0.2, 0.25) is 0 Å². The summed E-state index contributed by atoms with van der Waals surface area (Å²) >= 11 is 0. The molecular formula is C17H20N2O2. The smallest absolute Gasteiger partial charge is 0.303 e. The van der Waals surface area contributed by atoms with Gasteiger partial charge in [-0.2, -0.15) is 5.10 Å². The van der Waals surface area contributed by atoms with Crippen molar-refractivity contribution in [1.29, 1.82) is 0 Å². The summed E-state index contributed by atoms with van der Waals surface area (Å²) in [4.78, 5) is 10.6. The molecule has 4 nitrogen and oxygen atoms in total. The summed E-state index contributed by atoms with van der Waals surface area (Å²) in [6.45, 7) is 3.09. The minimum atomic E-state index is -0.752. The van der Waals surface area contributed by atoms with Gasteiger partial charge in [0.15, 0.2) is 0 Å². The lowest BCUT2D eigenvalue weighted by molar-refractivity contribution is -0.136. The van der Waals surface area contributed by atoms with Gasteiger partial charge in [-0.1, -0.05) is 18.2 Å². The van der Waals surface area contributed by atoms with E-state index in [9.17, 15) is 4.79 Å². The number of rotatable bonds is 6. The Bertz CT molecular complexity index is 657. The number of nitrogens with zero attached hydrogens (tertiary/aromatic N) is 2. The van der Waals surface area contributed by atoms with Crippen molar-refractivity contribution in [3.8, 4) is 11.1 Å². The van der Waals surface area contributed by atoms with E-state index in [1.165, 1.54) is 24.0 Å². The highest BCUT2D eigenvalue weighted by atomic mass is 16.4. The Hall–Kier alpha value is -2.10. The van der Waals surface area contributed by atoms with Crippen LogP contribution in [0, 0.1) is 12.8 Å². The number of aryl methyl sites for hydroxylation is 2. The SMILES string of the molecule is Cc1cc(CCC(=O)O)ccc1-c1cnn(CC2CC2)c1. The molecule has 1 aromatic heterocycles. The predicted molar refractivity (Wildman–Crippen MR) is 81.1 cm³/mol. The van der Waals surface area contributed by atoms with Gasteiger partial charge in [-0.05, 0) is 48.8 Å². The van der Waals surface area contributed by atoms with Gasteiger partial charge in [0.25, 0.3) is 0 Å². The van der Waals surface area contributed by atoms with Crippen molar-refractivity contribution in [2.24, 2.45) is 5.92 Å². The zero-order valence-corrected chi connectivity index (χ0v) is 12.2. The van der Waals surface area contributed by atoms with E-state index >= 15 is 0 Å². The number of carbonyl (C=O) groups is 1. The highest BCUT2D eigenvalue weighted by Gasteiger charge is 2.22. The zero-order valence-electron chi connectivity index (χ0n) is 12.2. The fraction of sp³-hybridized carbons (Fsp3) is 0.412. The molecule has 0 saturated heterocycles. The zero-order chi connectivity index (χ0) is 14.8. The first kappa shape index (κ1) is 13.9. The molecule has 0 radical (unpaired) electrons. The Kier molecular flexibility index (Phi) is 3.78. The lowest BCUT2D eigenvalue weighted by Gasteiger charge is -2.06. The van der Waals surface area contributed by atoms with E-state index < -0.39 is 5.97 Å². The molecule has 1 heterocycles. The van der Waals surface area contributed by atoms with Gasteiger partial charge in [0.1, 0.15) is 0 Å². The van der Waals surface area contributed by atoms with Gasteiger partial charge >= 0.3 is 5.97 Å². The molecule has 1 fully saturated rings. The summed E-state index contributed by atoms with van der Waals surface area (Å²) in [6.07, 6.45) is 7.44. The van der Waals surface area contributed by atoms with Gasteiger partial charge in [0, 0.05) is 24.7 Å². The Labute approximate surface area is 124 Å². The molecule has 21 heavy (non-hydrogen) atoms. The number of carboxylic acids is 1. The van der Waals surface area contributed by atoms with Crippen LogP contribution in [0.15, 0.2) is 30.6 Å². The van der Waals surface area contributed by atoms with Crippen LogP contribution in [0.3, 0.4) is 0 Å². The maximum atomic E-state index is 10.6. The highest BCUT2D eigenvalue weighted by Crippen LogP contribution is 2.31. The average molecular weight is 284 g/mol. The van der Waals surface area contributed by atoms with Crippen molar-refractivity contribution in [2.45, 2.75) is 39.2 Å². The van der Waals surface area contributed by atoms with E-state index in [4.69, 9.17) is 5.11 Å². The van der Waals surface area contributed by atoms with Crippen LogP contribution in [0.25, 0.3) is 11.1 Å². The summed E-state index contributed by atoms with van der Waals surface area (Å²) in [5.74, 6) is 0.0651. The Morgan fingerprint density at radius 2 is 2.24 bits per heavy atom. The first-order chi connectivity index (χ1) is 10.1. The van der Waals surface area contributed by atoms with Crippen LogP contribution in [-0.2, 0) is 17.8 Å². The molecule has 0 atom stereocenters. The number of aliphatic carboxylic acids is 1. The first-order valence-corrected chi connectivity index (χ1v) is 7.46. The molecule has 110 valence electrons. The highest BCUT2D eigenvalue weighted by molar-refractivity contribution is 5.68. The van der Waals surface area contributed by atoms with Gasteiger partial charge in [0.05, 0.1) is 6.20 Å². The summed E-state index contributed by atoms with van der Waals surface area (Å²) in [5, 5.41) is 13.2. The normalized spacial score (nSPS) is 14.3. The average Bonchev–Trinajstić information content (AvgIpc) is 3.13. The van der Waals surface area contributed by atoms with Gasteiger partial charge in [0.2, 0.25) is 0 Å². The summed E-state index contributed by atoms with van der Waals surface area (Å²) in [5.41, 5.74) is 4.56. The molecule has 2 aromatic rings. The monoisotopic (exact) mass is 284 g/mol. The van der Waals surface area contributed by atoms with Crippen LogP contribution in [0.1, 0.15) is 30.4 Å². The van der Waals surface area contributed by atoms with Crippen molar-refractivity contribution in [2.75, 3.05) is 0 Å². The molecule has 4 heteroatoms. The quantitative estimate of drug-likeness (QED) is 0.885. The lowest BCUT2D eigenvalue weighted by Crippen LogP contribution is -1.99. The van der Waals surface area contributed by atoms with Crippen molar-refractivity contribution >= 4 is 5.97 Å². The molecule has 1 N–H and O–H groups in total. The summed E-state index contributed by atoms with van der Waals surface area (Å²) in [7, 11) is 0. The molecule has 0 aliphatic heterocycles. The van der Waals surface area contributed by atoms with Gasteiger partial charge in [-0.15, -0.1) is 0 Å². The summed E-state index contributed by atoms with van der Waals surface area (Å²) in [6, 6.07) is 6.17. The van der Waals surface area contributed by atoms with E-state index in [-0.39, 0.29) is 6.42 Å². The topological polar surface area (TPSA) is 55.1 Å². The van der Waals surface area contributed by atoms with Crippen molar-refractivity contribution < 1.29 is 9.90 Å². The Morgan fingerprint density at radius 3 is 2.90 bits per heavy atom. The summed E-state index contributed by atoms with van der Waals surface area (Å²) < 4.78 is 2.03. The largest absolute Gasteiger partial charge is 0.481 e. The Morgan fingerprint density at radius 1 is 1.43 bits per heavy atom. The van der Waals surface area contributed by atoms with Crippen molar-refractivity contribution in [3.63, 3.8) is 0 Å². The fourth-order valence-corrected chi connectivity index (χ4v) is 2.62. The second-order valence-electron chi connectivity index (χ2n) is 5.94. The standard InChI is InChI=1S/C17H20N2O2/c1-12-8-13(5-7-17(20)21)4-6-16(12)15-9-18-19(11-15)10-14-2-3-14/h4,6,8-9,11,14H,2-3,5,7,10H2,1H3,(H,20,21). The van der Waals surface area contributed by atoms with E-state index in [1.807, 2.05) is 16.9 Å². The molecule has 1 aromatic carbocycles. The minimum Gasteiger partial charge on any atom is -0.481 e. The number of carboxylic acid groups (broad SMARTS) is 1. The number of hydrogen-bond donors (Lipinski definition) is 1. The molecule has 0 amide bonds. The third-order valence-corrected chi connectivity index (χ3v) is 4.00. The van der Waals surface area contributed by atoms with E-state index in [1.54, 1.807) is 0 Å². The van der Waals surface area contributed by atoms with Crippen molar-refractivity contribution in [1.82, 2.24) is 9.78 Å². The van der Waals surface area contributed by atoms with Crippen LogP contribution < -0.4 is 0 Å². The molecular weight excluding hydrogens is 264 g/mol. The van der Waals surface area contributed by atoms with Gasteiger partial charge in [-0.25, -0.2) is 0 Å². The minimum absolute atomic E-state index is 0.179. The second-order valence-corrected chi connectivity index (χ2v) is 5.94. The van der Waals surface area contributed by atoms with Crippen LogP contribution in [0.4, 0.5) is 0 Å². The maximum Gasteiger partial charge on any atom is 0.303 e. The van der Waals surface area contributed by atoms with Crippen LogP contribution in [-0.4, -0.2) is 20.9 Å². The first-order valence-electron chi connectivity index (χ1n) is 7.46. The molecule has 0 unspecified atom stereocenters. The van der Waals surface area contributed by atoms with Gasteiger partial charge in [-0.3, -0.25) is 9.48 Å². The molecule has 1 aliphatic rings.